The van der Waals surface area contributed by atoms with E-state index in [-0.39, 0.29) is 0 Å². The van der Waals surface area contributed by atoms with Crippen molar-refractivity contribution in [2.24, 2.45) is 5.16 Å². The summed E-state index contributed by atoms with van der Waals surface area (Å²) in [5.74, 6) is 0.715. The van der Waals surface area contributed by atoms with E-state index in [2.05, 4.69) is 5.16 Å². The zero-order chi connectivity index (χ0) is 8.55. The molecule has 0 atom stereocenters. The molecule has 0 bridgehead atoms. The Labute approximate surface area is 74.2 Å². The molecular weight excluding hydrogens is 178 g/mol. The van der Waals surface area contributed by atoms with Gasteiger partial charge in [0.15, 0.2) is 0 Å². The highest BCUT2D eigenvalue weighted by Crippen LogP contribution is 2.27. The number of ether oxygens (including phenoxy) is 1. The van der Waals surface area contributed by atoms with Crippen LogP contribution in [0.5, 0.6) is 5.75 Å². The predicted molar refractivity (Wildman–Crippen MR) is 45.3 cm³/mol. The molecule has 1 aromatic carbocycles. The van der Waals surface area contributed by atoms with Gasteiger partial charge in [-0.25, -0.2) is 0 Å². The van der Waals surface area contributed by atoms with Gasteiger partial charge in [0.1, 0.15) is 18.1 Å². The summed E-state index contributed by atoms with van der Waals surface area (Å²) in [7, 11) is 0. The van der Waals surface area contributed by atoms with Crippen LogP contribution in [0.25, 0.3) is 0 Å². The molecule has 1 N–H and O–H groups in total. The number of oxime groups is 1. The van der Waals surface area contributed by atoms with Crippen molar-refractivity contribution < 1.29 is 9.94 Å². The van der Waals surface area contributed by atoms with Gasteiger partial charge in [-0.05, 0) is 18.2 Å². The molecule has 3 nitrogen and oxygen atoms in total. The number of fused-ring (bicyclic) bond motifs is 1. The van der Waals surface area contributed by atoms with Crippen LogP contribution in [0.15, 0.2) is 23.4 Å². The number of nitrogens with zero attached hydrogens (tertiary/aromatic N) is 1. The lowest BCUT2D eigenvalue weighted by atomic mass is 10.1. The molecule has 62 valence electrons. The Balaban J connectivity index is 2.57. The van der Waals surface area contributed by atoms with Crippen molar-refractivity contribution in [2.75, 3.05) is 6.61 Å². The average molecular weight is 184 g/mol. The van der Waals surface area contributed by atoms with E-state index in [0.717, 1.165) is 5.56 Å². The first-order valence-corrected chi connectivity index (χ1v) is 3.82. The molecule has 0 fully saturated rings. The van der Waals surface area contributed by atoms with Crippen LogP contribution in [-0.2, 0) is 0 Å². The molecule has 0 radical (unpaired) electrons. The fourth-order valence-corrected chi connectivity index (χ4v) is 1.33. The summed E-state index contributed by atoms with van der Waals surface area (Å²) >= 11 is 5.75. The van der Waals surface area contributed by atoms with Gasteiger partial charge in [0.25, 0.3) is 0 Å². The van der Waals surface area contributed by atoms with Crippen LogP contribution >= 0.6 is 11.6 Å². The highest BCUT2D eigenvalue weighted by molar-refractivity contribution is 6.31. The largest absolute Gasteiger partial charge is 0.486 e. The summed E-state index contributed by atoms with van der Waals surface area (Å²) in [4.78, 5) is 0. The smallest absolute Gasteiger partial charge is 0.134 e. The summed E-state index contributed by atoms with van der Waals surface area (Å²) in [5.41, 5.74) is 1.29. The van der Waals surface area contributed by atoms with Gasteiger partial charge >= 0.3 is 0 Å². The molecule has 4 heteroatoms. The predicted octanol–water partition coefficient (Wildman–Crippen LogP) is 1.91. The van der Waals surface area contributed by atoms with E-state index in [0.29, 0.717) is 23.1 Å². The number of hydrogen-bond donors (Lipinski definition) is 1. The quantitative estimate of drug-likeness (QED) is 0.493. The second-order valence-corrected chi connectivity index (χ2v) is 2.91. The van der Waals surface area contributed by atoms with Crippen LogP contribution in [0.2, 0.25) is 5.02 Å². The van der Waals surface area contributed by atoms with Crippen molar-refractivity contribution in [1.82, 2.24) is 0 Å². The molecule has 1 aromatic rings. The van der Waals surface area contributed by atoms with Gasteiger partial charge in [-0.1, -0.05) is 16.8 Å². The van der Waals surface area contributed by atoms with Gasteiger partial charge in [-0.15, -0.1) is 0 Å². The molecule has 0 saturated carbocycles. The van der Waals surface area contributed by atoms with E-state index in [1.807, 2.05) is 0 Å². The molecule has 12 heavy (non-hydrogen) atoms. The lowest BCUT2D eigenvalue weighted by molar-refractivity contribution is 0.313. The van der Waals surface area contributed by atoms with Gasteiger partial charge < -0.3 is 9.94 Å². The normalized spacial score (nSPS) is 17.6. The lowest BCUT2D eigenvalue weighted by Gasteiger charge is -1.95. The Bertz CT molecular complexity index is 349. The highest BCUT2D eigenvalue weighted by Gasteiger charge is 2.19. The van der Waals surface area contributed by atoms with Crippen LogP contribution < -0.4 is 4.74 Å². The van der Waals surface area contributed by atoms with Crippen molar-refractivity contribution in [3.05, 3.63) is 28.8 Å². The zero-order valence-electron chi connectivity index (χ0n) is 6.12. The maximum atomic E-state index is 8.57. The highest BCUT2D eigenvalue weighted by atomic mass is 35.5. The second kappa shape index (κ2) is 2.68. The fourth-order valence-electron chi connectivity index (χ4n) is 1.16. The van der Waals surface area contributed by atoms with E-state index in [9.17, 15) is 0 Å². The third-order valence-electron chi connectivity index (χ3n) is 1.74. The van der Waals surface area contributed by atoms with Gasteiger partial charge in [0.05, 0.1) is 0 Å². The minimum absolute atomic E-state index is 0.312. The molecule has 2 rings (SSSR count). The van der Waals surface area contributed by atoms with Crippen LogP contribution in [0.3, 0.4) is 0 Å². The Morgan fingerprint density at radius 3 is 3.08 bits per heavy atom. The van der Waals surface area contributed by atoms with Crippen molar-refractivity contribution in [3.8, 4) is 5.75 Å². The van der Waals surface area contributed by atoms with Gasteiger partial charge in [0, 0.05) is 10.6 Å². The molecule has 0 unspecified atom stereocenters. The van der Waals surface area contributed by atoms with E-state index in [1.165, 1.54) is 0 Å². The van der Waals surface area contributed by atoms with Gasteiger partial charge in [-0.2, -0.15) is 0 Å². The molecule has 0 aliphatic carbocycles. The first-order valence-electron chi connectivity index (χ1n) is 3.45. The monoisotopic (exact) mass is 183 g/mol. The maximum absolute atomic E-state index is 8.57. The number of halogens is 1. The number of rotatable bonds is 0. The Hall–Kier alpha value is -1.22. The van der Waals surface area contributed by atoms with E-state index in [4.69, 9.17) is 21.5 Å². The zero-order valence-corrected chi connectivity index (χ0v) is 6.88. The van der Waals surface area contributed by atoms with Crippen LogP contribution in [0, 0.1) is 0 Å². The Morgan fingerprint density at radius 1 is 1.50 bits per heavy atom. The average Bonchev–Trinajstić information content (AvgIpc) is 2.46. The van der Waals surface area contributed by atoms with Gasteiger partial charge in [0.2, 0.25) is 0 Å². The number of hydrogen-bond acceptors (Lipinski definition) is 3. The fraction of sp³-hybridized carbons (Fsp3) is 0.125. The third kappa shape index (κ3) is 1.02. The van der Waals surface area contributed by atoms with E-state index < -0.39 is 0 Å². The SMILES string of the molecule is ON=C1COc2ccc(Cl)cc21. The summed E-state index contributed by atoms with van der Waals surface area (Å²) in [5, 5.41) is 12.3. The molecule has 0 aromatic heterocycles. The molecule has 0 amide bonds. The Morgan fingerprint density at radius 2 is 2.33 bits per heavy atom. The Kier molecular flexibility index (Phi) is 1.66. The standard InChI is InChI=1S/C8H6ClNO2/c9-5-1-2-8-6(3-5)7(10-11)4-12-8/h1-3,11H,4H2. The van der Waals surface area contributed by atoms with Crippen molar-refractivity contribution >= 4 is 17.3 Å². The molecule has 1 aliphatic heterocycles. The third-order valence-corrected chi connectivity index (χ3v) is 1.97. The summed E-state index contributed by atoms with van der Waals surface area (Å²) in [6.45, 7) is 0.312. The minimum atomic E-state index is 0.312. The number of benzene rings is 1. The first kappa shape index (κ1) is 7.43. The topological polar surface area (TPSA) is 41.8 Å². The summed E-state index contributed by atoms with van der Waals surface area (Å²) in [6.07, 6.45) is 0. The minimum Gasteiger partial charge on any atom is -0.486 e. The molecule has 0 saturated heterocycles. The maximum Gasteiger partial charge on any atom is 0.134 e. The van der Waals surface area contributed by atoms with Crippen LogP contribution in [0.1, 0.15) is 5.56 Å². The van der Waals surface area contributed by atoms with Crippen LogP contribution in [0.4, 0.5) is 0 Å². The summed E-state index contributed by atoms with van der Waals surface area (Å²) < 4.78 is 5.21. The van der Waals surface area contributed by atoms with Crippen molar-refractivity contribution in [3.63, 3.8) is 0 Å². The van der Waals surface area contributed by atoms with Gasteiger partial charge in [-0.3, -0.25) is 0 Å². The van der Waals surface area contributed by atoms with Crippen molar-refractivity contribution in [1.29, 1.82) is 0 Å². The lowest BCUT2D eigenvalue weighted by Crippen LogP contribution is -2.01. The molecule has 0 spiro atoms. The molecule has 1 heterocycles. The van der Waals surface area contributed by atoms with Crippen LogP contribution in [-0.4, -0.2) is 17.5 Å². The molecule has 1 aliphatic rings. The van der Waals surface area contributed by atoms with E-state index in [1.54, 1.807) is 18.2 Å². The summed E-state index contributed by atoms with van der Waals surface area (Å²) in [6, 6.07) is 5.22. The second-order valence-electron chi connectivity index (χ2n) is 2.48. The first-order chi connectivity index (χ1) is 5.81. The van der Waals surface area contributed by atoms with Crippen molar-refractivity contribution in [2.45, 2.75) is 0 Å². The van der Waals surface area contributed by atoms with E-state index >= 15 is 0 Å². The molecular formula is C8H6ClNO2.